The summed E-state index contributed by atoms with van der Waals surface area (Å²) in [5.41, 5.74) is 11.2. The highest BCUT2D eigenvalue weighted by molar-refractivity contribution is 5.82. The number of nitrogens with one attached hydrogen (secondary N) is 3. The Balaban J connectivity index is 1.90. The molecule has 0 aromatic rings. The highest BCUT2D eigenvalue weighted by atomic mass is 16.2. The molecular formula is C17H34N6O. The van der Waals surface area contributed by atoms with Crippen molar-refractivity contribution in [3.8, 4) is 0 Å². The topological polar surface area (TPSA) is 120 Å². The van der Waals surface area contributed by atoms with Gasteiger partial charge in [0, 0.05) is 32.2 Å². The van der Waals surface area contributed by atoms with Crippen molar-refractivity contribution >= 4 is 11.9 Å². The number of nitrogens with zero attached hydrogens (tertiary/aromatic N) is 1. The molecule has 2 atom stereocenters. The predicted molar refractivity (Wildman–Crippen MR) is 96.7 cm³/mol. The monoisotopic (exact) mass is 338 g/mol. The van der Waals surface area contributed by atoms with Crippen molar-refractivity contribution in [2.75, 3.05) is 26.2 Å². The summed E-state index contributed by atoms with van der Waals surface area (Å²) in [6, 6.07) is 0.0365. The fraction of sp³-hybridized carbons (Fsp3) is 0.882. The lowest BCUT2D eigenvalue weighted by atomic mass is 9.89. The molecule has 7 nitrogen and oxygen atoms in total. The first-order valence-corrected chi connectivity index (χ1v) is 9.43. The fourth-order valence-corrected chi connectivity index (χ4v) is 3.87. The van der Waals surface area contributed by atoms with Gasteiger partial charge in [0.1, 0.15) is 0 Å². The number of rotatable bonds is 7. The number of hydrogen-bond donors (Lipinski definition) is 5. The molecule has 1 amide bonds. The van der Waals surface area contributed by atoms with Crippen molar-refractivity contribution in [1.82, 2.24) is 15.5 Å². The number of carbonyl (C=O) groups excluding carboxylic acids is 1. The first kappa shape index (κ1) is 19.0. The average molecular weight is 339 g/mol. The van der Waals surface area contributed by atoms with E-state index in [9.17, 15) is 4.79 Å². The van der Waals surface area contributed by atoms with Crippen molar-refractivity contribution in [3.63, 3.8) is 0 Å². The Hall–Kier alpha value is -1.34. The minimum absolute atomic E-state index is 0.0195. The van der Waals surface area contributed by atoms with Crippen LogP contribution < -0.4 is 22.1 Å². The SMILES string of the molecule is N=C(N)NCCC[C@H]1N[C@H](CN)CCN(CC2CCCCC2)C1=O. The van der Waals surface area contributed by atoms with Crippen LogP contribution in [0.15, 0.2) is 0 Å². The maximum Gasteiger partial charge on any atom is 0.239 e. The molecule has 2 rings (SSSR count). The van der Waals surface area contributed by atoms with Crippen LogP contribution in [0.4, 0.5) is 0 Å². The lowest BCUT2D eigenvalue weighted by Crippen LogP contribution is -2.48. The summed E-state index contributed by atoms with van der Waals surface area (Å²) in [6.07, 6.45) is 8.93. The smallest absolute Gasteiger partial charge is 0.239 e. The van der Waals surface area contributed by atoms with Crippen LogP contribution in [-0.2, 0) is 4.79 Å². The van der Waals surface area contributed by atoms with Gasteiger partial charge in [0.2, 0.25) is 5.91 Å². The minimum Gasteiger partial charge on any atom is -0.370 e. The molecule has 1 heterocycles. The zero-order valence-electron chi connectivity index (χ0n) is 14.7. The van der Waals surface area contributed by atoms with Gasteiger partial charge in [-0.05, 0) is 38.0 Å². The van der Waals surface area contributed by atoms with E-state index in [4.69, 9.17) is 16.9 Å². The highest BCUT2D eigenvalue weighted by Crippen LogP contribution is 2.25. The molecule has 0 spiro atoms. The molecule has 1 aliphatic carbocycles. The van der Waals surface area contributed by atoms with Gasteiger partial charge < -0.3 is 27.0 Å². The third-order valence-electron chi connectivity index (χ3n) is 5.27. The van der Waals surface area contributed by atoms with Crippen LogP contribution in [0.25, 0.3) is 0 Å². The van der Waals surface area contributed by atoms with Gasteiger partial charge in [0.15, 0.2) is 5.96 Å². The van der Waals surface area contributed by atoms with E-state index in [0.29, 0.717) is 19.0 Å². The van der Waals surface area contributed by atoms with Crippen molar-refractivity contribution in [3.05, 3.63) is 0 Å². The van der Waals surface area contributed by atoms with Gasteiger partial charge in [-0.2, -0.15) is 0 Å². The zero-order chi connectivity index (χ0) is 17.4. The molecule has 0 aromatic heterocycles. The van der Waals surface area contributed by atoms with Gasteiger partial charge in [-0.15, -0.1) is 0 Å². The Morgan fingerprint density at radius 2 is 2.04 bits per heavy atom. The Morgan fingerprint density at radius 1 is 1.29 bits per heavy atom. The molecule has 1 saturated carbocycles. The number of carbonyl (C=O) groups is 1. The maximum absolute atomic E-state index is 12.9. The van der Waals surface area contributed by atoms with Crippen molar-refractivity contribution in [2.24, 2.45) is 17.4 Å². The van der Waals surface area contributed by atoms with Crippen molar-refractivity contribution in [2.45, 2.75) is 63.5 Å². The molecule has 7 heteroatoms. The summed E-state index contributed by atoms with van der Waals surface area (Å²) < 4.78 is 0. The first-order valence-electron chi connectivity index (χ1n) is 9.43. The first-order chi connectivity index (χ1) is 11.6. The van der Waals surface area contributed by atoms with Gasteiger partial charge in [0.25, 0.3) is 0 Å². The van der Waals surface area contributed by atoms with Gasteiger partial charge >= 0.3 is 0 Å². The van der Waals surface area contributed by atoms with Gasteiger partial charge in [-0.25, -0.2) is 0 Å². The quantitative estimate of drug-likeness (QED) is 0.261. The second-order valence-electron chi connectivity index (χ2n) is 7.21. The summed E-state index contributed by atoms with van der Waals surface area (Å²) in [5, 5.41) is 13.4. The molecule has 138 valence electrons. The van der Waals surface area contributed by atoms with Crippen LogP contribution in [-0.4, -0.2) is 55.0 Å². The molecule has 0 aromatic carbocycles. The molecular weight excluding hydrogens is 304 g/mol. The van der Waals surface area contributed by atoms with Gasteiger partial charge in [-0.1, -0.05) is 19.3 Å². The van der Waals surface area contributed by atoms with Crippen LogP contribution in [0.1, 0.15) is 51.4 Å². The Labute approximate surface area is 145 Å². The molecule has 0 bridgehead atoms. The van der Waals surface area contributed by atoms with E-state index < -0.39 is 0 Å². The molecule has 2 aliphatic rings. The largest absolute Gasteiger partial charge is 0.370 e. The number of amides is 1. The van der Waals surface area contributed by atoms with E-state index in [0.717, 1.165) is 32.4 Å². The van der Waals surface area contributed by atoms with E-state index in [2.05, 4.69) is 15.5 Å². The number of hydrogen-bond acceptors (Lipinski definition) is 4. The molecule has 7 N–H and O–H groups in total. The van der Waals surface area contributed by atoms with E-state index in [1.54, 1.807) is 0 Å². The zero-order valence-corrected chi connectivity index (χ0v) is 14.7. The standard InChI is InChI=1S/C17H34N6O/c18-11-14-8-10-23(12-13-5-2-1-3-6-13)16(24)15(22-14)7-4-9-21-17(19)20/h13-15,22H,1-12,18H2,(H4,19,20,21)/t14-,15+/m0/s1. The van der Waals surface area contributed by atoms with Crippen molar-refractivity contribution in [1.29, 1.82) is 5.41 Å². The number of guanidine groups is 1. The third kappa shape index (κ3) is 5.94. The van der Waals surface area contributed by atoms with Crippen LogP contribution >= 0.6 is 0 Å². The Morgan fingerprint density at radius 3 is 2.71 bits per heavy atom. The van der Waals surface area contributed by atoms with E-state index in [1.807, 2.05) is 0 Å². The lowest BCUT2D eigenvalue weighted by molar-refractivity contribution is -0.133. The number of nitrogens with two attached hydrogens (primary N) is 2. The maximum atomic E-state index is 12.9. The predicted octanol–water partition coefficient (Wildman–Crippen LogP) is 0.348. The summed E-state index contributed by atoms with van der Waals surface area (Å²) in [5.74, 6) is 0.866. The average Bonchev–Trinajstić information content (AvgIpc) is 2.73. The molecule has 24 heavy (non-hydrogen) atoms. The molecule has 1 saturated heterocycles. The van der Waals surface area contributed by atoms with Crippen LogP contribution in [0.3, 0.4) is 0 Å². The molecule has 0 unspecified atom stereocenters. The Kier molecular flexibility index (Phi) is 7.78. The van der Waals surface area contributed by atoms with Gasteiger partial charge in [-0.3, -0.25) is 10.2 Å². The van der Waals surface area contributed by atoms with E-state index in [-0.39, 0.29) is 24.0 Å². The summed E-state index contributed by atoms with van der Waals surface area (Å²) in [4.78, 5) is 15.0. The molecule has 0 radical (unpaired) electrons. The summed E-state index contributed by atoms with van der Waals surface area (Å²) in [6.45, 7) is 2.90. The van der Waals surface area contributed by atoms with Crippen molar-refractivity contribution < 1.29 is 4.79 Å². The Bertz CT molecular complexity index is 410. The second kappa shape index (κ2) is 9.84. The highest BCUT2D eigenvalue weighted by Gasteiger charge is 2.31. The van der Waals surface area contributed by atoms with E-state index in [1.165, 1.54) is 32.1 Å². The van der Waals surface area contributed by atoms with Crippen LogP contribution in [0.5, 0.6) is 0 Å². The van der Waals surface area contributed by atoms with Crippen LogP contribution in [0, 0.1) is 11.3 Å². The fourth-order valence-electron chi connectivity index (χ4n) is 3.87. The second-order valence-corrected chi connectivity index (χ2v) is 7.21. The summed E-state index contributed by atoms with van der Waals surface area (Å²) >= 11 is 0. The molecule has 1 aliphatic heterocycles. The minimum atomic E-state index is -0.168. The molecule has 2 fully saturated rings. The van der Waals surface area contributed by atoms with Crippen LogP contribution in [0.2, 0.25) is 0 Å². The van der Waals surface area contributed by atoms with E-state index >= 15 is 0 Å². The summed E-state index contributed by atoms with van der Waals surface area (Å²) in [7, 11) is 0. The third-order valence-corrected chi connectivity index (χ3v) is 5.27. The van der Waals surface area contributed by atoms with Gasteiger partial charge in [0.05, 0.1) is 6.04 Å². The lowest BCUT2D eigenvalue weighted by Gasteiger charge is -2.30. The normalized spacial score (nSPS) is 26.2.